The Morgan fingerprint density at radius 3 is 2.74 bits per heavy atom. The minimum absolute atomic E-state index is 0.161. The van der Waals surface area contributed by atoms with Crippen LogP contribution in [0.1, 0.15) is 28.8 Å². The molecule has 0 aliphatic carbocycles. The topological polar surface area (TPSA) is 104 Å². The van der Waals surface area contributed by atoms with Gasteiger partial charge < -0.3 is 15.6 Å². The van der Waals surface area contributed by atoms with Gasteiger partial charge >= 0.3 is 0 Å². The van der Waals surface area contributed by atoms with Crippen molar-refractivity contribution < 1.29 is 9.59 Å². The lowest BCUT2D eigenvalue weighted by Crippen LogP contribution is -2.37. The fourth-order valence-electron chi connectivity index (χ4n) is 2.87. The number of nitrogens with one attached hydrogen (secondary N) is 3. The van der Waals surface area contributed by atoms with Gasteiger partial charge in [0.15, 0.2) is 0 Å². The molecule has 1 unspecified atom stereocenters. The number of carbonyl (C=O) groups excluding carboxylic acids is 2. The van der Waals surface area contributed by atoms with Gasteiger partial charge in [-0.15, -0.1) is 23.1 Å². The third-order valence-corrected chi connectivity index (χ3v) is 7.32. The van der Waals surface area contributed by atoms with Crippen LogP contribution in [0.2, 0.25) is 5.02 Å². The first-order chi connectivity index (χ1) is 14.7. The molecule has 31 heavy (non-hydrogen) atoms. The Balaban J connectivity index is 1.52. The predicted octanol–water partition coefficient (Wildman–Crippen LogP) is 3.94. The molecular formula is C21H23ClN4O3S2. The van der Waals surface area contributed by atoms with E-state index in [1.807, 2.05) is 26.8 Å². The van der Waals surface area contributed by atoms with Crippen molar-refractivity contribution in [1.29, 1.82) is 0 Å². The second-order valence-electron chi connectivity index (χ2n) is 7.18. The Kier molecular flexibility index (Phi) is 7.40. The van der Waals surface area contributed by atoms with Gasteiger partial charge in [0, 0.05) is 4.88 Å². The van der Waals surface area contributed by atoms with Gasteiger partial charge in [-0.2, -0.15) is 0 Å². The van der Waals surface area contributed by atoms with Crippen LogP contribution >= 0.6 is 34.7 Å². The van der Waals surface area contributed by atoms with Gasteiger partial charge in [-0.25, -0.2) is 4.98 Å². The van der Waals surface area contributed by atoms with Crippen LogP contribution in [0.5, 0.6) is 0 Å². The summed E-state index contributed by atoms with van der Waals surface area (Å²) in [6.07, 6.45) is 0. The van der Waals surface area contributed by atoms with E-state index < -0.39 is 5.25 Å². The average molecular weight is 479 g/mol. The van der Waals surface area contributed by atoms with Crippen molar-refractivity contribution in [2.75, 3.05) is 11.9 Å². The van der Waals surface area contributed by atoms with Crippen molar-refractivity contribution in [3.63, 3.8) is 0 Å². The molecule has 3 aromatic rings. The fourth-order valence-corrected chi connectivity index (χ4v) is 4.98. The van der Waals surface area contributed by atoms with Crippen LogP contribution in [0.3, 0.4) is 0 Å². The first-order valence-electron chi connectivity index (χ1n) is 9.60. The van der Waals surface area contributed by atoms with Gasteiger partial charge in [0.05, 0.1) is 33.6 Å². The molecule has 2 heterocycles. The first-order valence-corrected chi connectivity index (χ1v) is 11.8. The van der Waals surface area contributed by atoms with Crippen LogP contribution in [0, 0.1) is 20.8 Å². The van der Waals surface area contributed by atoms with E-state index in [2.05, 4.69) is 20.6 Å². The number of benzene rings is 1. The fraction of sp³-hybridized carbons (Fsp3) is 0.333. The highest BCUT2D eigenvalue weighted by molar-refractivity contribution is 7.99. The Morgan fingerprint density at radius 1 is 1.29 bits per heavy atom. The molecule has 0 saturated carbocycles. The van der Waals surface area contributed by atoms with E-state index in [1.165, 1.54) is 23.1 Å². The average Bonchev–Trinajstić information content (AvgIpc) is 3.00. The quantitative estimate of drug-likeness (QED) is 0.477. The zero-order valence-corrected chi connectivity index (χ0v) is 20.0. The number of anilines is 1. The minimum atomic E-state index is -0.427. The van der Waals surface area contributed by atoms with E-state index in [0.29, 0.717) is 32.5 Å². The highest BCUT2D eigenvalue weighted by Gasteiger charge is 2.17. The van der Waals surface area contributed by atoms with Crippen LogP contribution in [0.4, 0.5) is 5.69 Å². The van der Waals surface area contributed by atoms with Gasteiger partial charge in [-0.1, -0.05) is 17.7 Å². The number of rotatable bonds is 7. The molecule has 3 N–H and O–H groups in total. The molecule has 0 aliphatic rings. The van der Waals surface area contributed by atoms with Crippen LogP contribution < -0.4 is 16.2 Å². The number of hydrogen-bond acceptors (Lipinski definition) is 6. The van der Waals surface area contributed by atoms with Gasteiger partial charge in [-0.05, 0) is 51.0 Å². The second-order valence-corrected chi connectivity index (χ2v) is 10.1. The number of carbonyl (C=O) groups is 2. The number of aryl methyl sites for hydroxylation is 3. The summed E-state index contributed by atoms with van der Waals surface area (Å²) in [5.74, 6) is 0.258. The van der Waals surface area contributed by atoms with E-state index in [-0.39, 0.29) is 23.9 Å². The normalized spacial score (nSPS) is 12.0. The maximum atomic E-state index is 12.4. The standard InChI is InChI=1S/C21H23ClN4O3S2/c1-10-5-6-15(14(22)7-10)24-17(27)8-23-19(28)13(4)30-9-16-25-20(29)18-11(2)12(3)31-21(18)26-16/h5-7,13H,8-9H2,1-4H3,(H,23,28)(H,24,27)(H,25,26,29). The highest BCUT2D eigenvalue weighted by Crippen LogP contribution is 2.26. The van der Waals surface area contributed by atoms with Crippen molar-refractivity contribution >= 4 is 62.4 Å². The van der Waals surface area contributed by atoms with E-state index in [4.69, 9.17) is 11.6 Å². The molecule has 164 valence electrons. The summed E-state index contributed by atoms with van der Waals surface area (Å²) in [5.41, 5.74) is 2.27. The number of fused-ring (bicyclic) bond motifs is 1. The minimum Gasteiger partial charge on any atom is -0.346 e. The highest BCUT2D eigenvalue weighted by atomic mass is 35.5. The molecule has 1 atom stereocenters. The van der Waals surface area contributed by atoms with Crippen molar-refractivity contribution in [2.45, 2.75) is 38.7 Å². The molecule has 0 fully saturated rings. The molecular weight excluding hydrogens is 456 g/mol. The number of thiophene rings is 1. The summed E-state index contributed by atoms with van der Waals surface area (Å²) >= 11 is 8.93. The van der Waals surface area contributed by atoms with Gasteiger partial charge in [-0.3, -0.25) is 14.4 Å². The van der Waals surface area contributed by atoms with E-state index in [9.17, 15) is 14.4 Å². The molecule has 1 aromatic carbocycles. The number of halogens is 1. The van der Waals surface area contributed by atoms with Crippen molar-refractivity contribution in [1.82, 2.24) is 15.3 Å². The third kappa shape index (κ3) is 5.66. The SMILES string of the molecule is Cc1ccc(NC(=O)CNC(=O)C(C)SCc2nc3sc(C)c(C)c3c(=O)[nH]2)c(Cl)c1. The lowest BCUT2D eigenvalue weighted by atomic mass is 10.2. The maximum Gasteiger partial charge on any atom is 0.259 e. The van der Waals surface area contributed by atoms with Gasteiger partial charge in [0.2, 0.25) is 11.8 Å². The lowest BCUT2D eigenvalue weighted by Gasteiger charge is -2.12. The number of H-pyrrole nitrogens is 1. The molecule has 3 rings (SSSR count). The third-order valence-electron chi connectivity index (χ3n) is 4.75. The number of hydrogen-bond donors (Lipinski definition) is 3. The Morgan fingerprint density at radius 2 is 2.03 bits per heavy atom. The zero-order chi connectivity index (χ0) is 22.7. The van der Waals surface area contributed by atoms with E-state index >= 15 is 0 Å². The van der Waals surface area contributed by atoms with Crippen molar-refractivity contribution in [2.24, 2.45) is 0 Å². The Hall–Kier alpha value is -2.36. The van der Waals surface area contributed by atoms with E-state index in [0.717, 1.165) is 16.0 Å². The second kappa shape index (κ2) is 9.84. The molecule has 10 heteroatoms. The largest absolute Gasteiger partial charge is 0.346 e. The van der Waals surface area contributed by atoms with Crippen LogP contribution in [-0.4, -0.2) is 33.6 Å². The van der Waals surface area contributed by atoms with Gasteiger partial charge in [0.1, 0.15) is 10.7 Å². The molecule has 2 aromatic heterocycles. The molecule has 2 amide bonds. The number of nitrogens with zero attached hydrogens (tertiary/aromatic N) is 1. The van der Waals surface area contributed by atoms with Crippen LogP contribution in [-0.2, 0) is 15.3 Å². The predicted molar refractivity (Wildman–Crippen MR) is 128 cm³/mol. The molecule has 0 radical (unpaired) electrons. The number of amides is 2. The van der Waals surface area contributed by atoms with E-state index in [1.54, 1.807) is 19.1 Å². The summed E-state index contributed by atoms with van der Waals surface area (Å²) in [6, 6.07) is 5.31. The molecule has 0 bridgehead atoms. The van der Waals surface area contributed by atoms with Gasteiger partial charge in [0.25, 0.3) is 5.56 Å². The summed E-state index contributed by atoms with van der Waals surface area (Å²) in [5, 5.41) is 5.94. The lowest BCUT2D eigenvalue weighted by molar-refractivity contribution is -0.123. The Bertz CT molecular complexity index is 1210. The maximum absolute atomic E-state index is 12.4. The number of thioether (sulfide) groups is 1. The molecule has 0 spiro atoms. The monoisotopic (exact) mass is 478 g/mol. The Labute approximate surface area is 193 Å². The first kappa shape index (κ1) is 23.3. The van der Waals surface area contributed by atoms with Crippen molar-refractivity contribution in [3.05, 3.63) is 55.4 Å². The van der Waals surface area contributed by atoms with Crippen LogP contribution in [0.25, 0.3) is 10.2 Å². The molecule has 7 nitrogen and oxygen atoms in total. The number of aromatic amines is 1. The zero-order valence-electron chi connectivity index (χ0n) is 17.6. The smallest absolute Gasteiger partial charge is 0.259 e. The van der Waals surface area contributed by atoms with Crippen LogP contribution in [0.15, 0.2) is 23.0 Å². The molecule has 0 aliphatic heterocycles. The molecule has 0 saturated heterocycles. The number of aromatic nitrogens is 2. The summed E-state index contributed by atoms with van der Waals surface area (Å²) < 4.78 is 0. The van der Waals surface area contributed by atoms with Crippen molar-refractivity contribution in [3.8, 4) is 0 Å². The summed E-state index contributed by atoms with van der Waals surface area (Å²) in [7, 11) is 0. The summed E-state index contributed by atoms with van der Waals surface area (Å²) in [6.45, 7) is 7.36. The summed E-state index contributed by atoms with van der Waals surface area (Å²) in [4.78, 5) is 45.9.